The Morgan fingerprint density at radius 3 is 2.47 bits per heavy atom. The number of carbonyl (C=O) groups is 1. The Bertz CT molecular complexity index is 1210. The minimum Gasteiger partial charge on any atom is -0.345 e. The molecule has 1 N–H and O–H groups in total. The number of halogens is 6. The van der Waals surface area contributed by atoms with Gasteiger partial charge >= 0.3 is 12.4 Å². The molecule has 0 saturated heterocycles. The lowest BCUT2D eigenvalue weighted by Gasteiger charge is -2.20. The summed E-state index contributed by atoms with van der Waals surface area (Å²) in [5, 5.41) is 2.79. The number of amides is 1. The molecule has 0 unspecified atom stereocenters. The number of rotatable bonds is 3. The van der Waals surface area contributed by atoms with Crippen LogP contribution in [0.2, 0.25) is 0 Å². The molecule has 0 saturated carbocycles. The number of pyridine rings is 2. The first-order chi connectivity index (χ1) is 16.0. The van der Waals surface area contributed by atoms with E-state index in [1.54, 1.807) is 12.1 Å². The maximum Gasteiger partial charge on any atom is 0.433 e. The van der Waals surface area contributed by atoms with Gasteiger partial charge in [0, 0.05) is 23.0 Å². The van der Waals surface area contributed by atoms with Gasteiger partial charge in [0.15, 0.2) is 0 Å². The fourth-order valence-electron chi connectivity index (χ4n) is 3.96. The summed E-state index contributed by atoms with van der Waals surface area (Å²) in [6, 6.07) is 9.34. The van der Waals surface area contributed by atoms with Crippen LogP contribution in [0.25, 0.3) is 11.3 Å². The summed E-state index contributed by atoms with van der Waals surface area (Å²) < 4.78 is 78.1. The molecule has 1 amide bonds. The molecule has 2 heterocycles. The van der Waals surface area contributed by atoms with Gasteiger partial charge in [0.05, 0.1) is 17.3 Å². The van der Waals surface area contributed by atoms with Crippen molar-refractivity contribution in [3.05, 3.63) is 82.8 Å². The summed E-state index contributed by atoms with van der Waals surface area (Å²) in [5.41, 5.74) is -0.102. The van der Waals surface area contributed by atoms with Crippen LogP contribution >= 0.6 is 0 Å². The fourth-order valence-corrected chi connectivity index (χ4v) is 3.96. The highest BCUT2D eigenvalue weighted by Gasteiger charge is 2.33. The van der Waals surface area contributed by atoms with E-state index in [1.165, 1.54) is 18.2 Å². The molecule has 3 aromatic rings. The maximum atomic E-state index is 13.0. The van der Waals surface area contributed by atoms with Gasteiger partial charge in [-0.2, -0.15) is 26.3 Å². The van der Waals surface area contributed by atoms with Gasteiger partial charge in [0.2, 0.25) is 0 Å². The molecule has 1 aromatic carbocycles. The molecule has 4 rings (SSSR count). The van der Waals surface area contributed by atoms with E-state index >= 15 is 0 Å². The van der Waals surface area contributed by atoms with Crippen LogP contribution in [-0.2, 0) is 18.8 Å². The zero-order valence-corrected chi connectivity index (χ0v) is 17.7. The molecule has 0 bridgehead atoms. The Kier molecular flexibility index (Phi) is 6.33. The minimum absolute atomic E-state index is 0.110. The van der Waals surface area contributed by atoms with Crippen molar-refractivity contribution in [2.45, 2.75) is 44.1 Å². The number of hydrogen-bond donors (Lipinski definition) is 1. The van der Waals surface area contributed by atoms with Gasteiger partial charge in [-0.05, 0) is 61.2 Å². The van der Waals surface area contributed by atoms with Gasteiger partial charge in [-0.1, -0.05) is 18.6 Å². The fraction of sp³-hybridized carbons (Fsp3) is 0.292. The van der Waals surface area contributed by atoms with E-state index in [1.807, 2.05) is 0 Å². The van der Waals surface area contributed by atoms with Crippen molar-refractivity contribution in [3.8, 4) is 11.3 Å². The largest absolute Gasteiger partial charge is 0.433 e. The summed E-state index contributed by atoms with van der Waals surface area (Å²) in [4.78, 5) is 20.6. The number of fused-ring (bicyclic) bond motifs is 1. The minimum atomic E-state index is -4.58. The second-order valence-electron chi connectivity index (χ2n) is 8.01. The van der Waals surface area contributed by atoms with E-state index in [0.29, 0.717) is 29.8 Å². The Balaban J connectivity index is 1.61. The standard InChI is InChI=1S/C24H19F6N3O/c25-23(26,27)16-5-3-4-15(12-16)22(34)33-20-7-2-1-6-19-17(20)8-9-18(32-19)14-10-11-31-21(13-14)24(28,29)30/h3-5,8-13,20H,1-2,6-7H2,(H,33,34)/t20-/m1/s1. The third-order valence-electron chi connectivity index (χ3n) is 5.64. The Morgan fingerprint density at radius 2 is 1.74 bits per heavy atom. The van der Waals surface area contributed by atoms with Crippen LogP contribution in [-0.4, -0.2) is 15.9 Å². The molecule has 10 heteroatoms. The third-order valence-corrected chi connectivity index (χ3v) is 5.64. The second kappa shape index (κ2) is 9.08. The lowest BCUT2D eigenvalue weighted by atomic mass is 10.0. The summed E-state index contributed by atoms with van der Waals surface area (Å²) in [6.45, 7) is 0. The van der Waals surface area contributed by atoms with Crippen molar-refractivity contribution in [3.63, 3.8) is 0 Å². The van der Waals surface area contributed by atoms with Gasteiger partial charge in [-0.15, -0.1) is 0 Å². The lowest BCUT2D eigenvalue weighted by Crippen LogP contribution is -2.29. The van der Waals surface area contributed by atoms with Crippen LogP contribution in [0.4, 0.5) is 26.3 Å². The average molecular weight is 479 g/mol. The number of nitrogens with zero attached hydrogens (tertiary/aromatic N) is 2. The molecule has 0 fully saturated rings. The third kappa shape index (κ3) is 5.21. The Morgan fingerprint density at radius 1 is 0.941 bits per heavy atom. The molecule has 1 atom stereocenters. The predicted molar refractivity (Wildman–Crippen MR) is 112 cm³/mol. The van der Waals surface area contributed by atoms with Crippen molar-refractivity contribution in [2.75, 3.05) is 0 Å². The smallest absolute Gasteiger partial charge is 0.345 e. The first-order valence-electron chi connectivity index (χ1n) is 10.5. The molecule has 0 radical (unpaired) electrons. The molecular formula is C24H19F6N3O. The summed E-state index contributed by atoms with van der Waals surface area (Å²) in [6.07, 6.45) is -5.45. The van der Waals surface area contributed by atoms with Crippen LogP contribution in [0, 0.1) is 0 Å². The predicted octanol–water partition coefficient (Wildman–Crippen LogP) is 6.38. The Labute approximate surface area is 191 Å². The van der Waals surface area contributed by atoms with Crippen molar-refractivity contribution < 1.29 is 31.1 Å². The second-order valence-corrected chi connectivity index (χ2v) is 8.01. The number of alkyl halides is 6. The normalized spacial score (nSPS) is 16.5. The Hall–Kier alpha value is -3.43. The van der Waals surface area contributed by atoms with Crippen molar-refractivity contribution in [1.82, 2.24) is 15.3 Å². The van der Waals surface area contributed by atoms with Crippen LogP contribution in [0.5, 0.6) is 0 Å². The summed E-state index contributed by atoms with van der Waals surface area (Å²) in [5.74, 6) is -0.642. The van der Waals surface area contributed by atoms with Crippen molar-refractivity contribution in [1.29, 1.82) is 0 Å². The number of benzene rings is 1. The molecule has 0 aliphatic heterocycles. The van der Waals surface area contributed by atoms with Crippen LogP contribution in [0.1, 0.15) is 58.2 Å². The number of aromatic nitrogens is 2. The topological polar surface area (TPSA) is 54.9 Å². The highest BCUT2D eigenvalue weighted by molar-refractivity contribution is 5.94. The number of hydrogen-bond acceptors (Lipinski definition) is 3. The molecule has 1 aliphatic rings. The first-order valence-corrected chi connectivity index (χ1v) is 10.5. The van der Waals surface area contributed by atoms with E-state index in [0.717, 1.165) is 37.2 Å². The molecule has 4 nitrogen and oxygen atoms in total. The summed E-state index contributed by atoms with van der Waals surface area (Å²) >= 11 is 0. The van der Waals surface area contributed by atoms with E-state index in [2.05, 4.69) is 15.3 Å². The van der Waals surface area contributed by atoms with Crippen molar-refractivity contribution >= 4 is 5.91 Å². The van der Waals surface area contributed by atoms with E-state index in [9.17, 15) is 31.1 Å². The van der Waals surface area contributed by atoms with Gasteiger partial charge < -0.3 is 5.32 Å². The van der Waals surface area contributed by atoms with Gasteiger partial charge in [-0.25, -0.2) is 0 Å². The first kappa shape index (κ1) is 23.7. The number of aryl methyl sites for hydroxylation is 1. The quantitative estimate of drug-likeness (QED) is 0.350. The highest BCUT2D eigenvalue weighted by Crippen LogP contribution is 2.33. The van der Waals surface area contributed by atoms with Gasteiger partial charge in [0.25, 0.3) is 5.91 Å². The van der Waals surface area contributed by atoms with E-state index in [4.69, 9.17) is 0 Å². The number of nitrogens with one attached hydrogen (secondary N) is 1. The van der Waals surface area contributed by atoms with Crippen LogP contribution in [0.3, 0.4) is 0 Å². The molecule has 34 heavy (non-hydrogen) atoms. The zero-order chi connectivity index (χ0) is 24.5. The SMILES string of the molecule is O=C(N[C@@H]1CCCCc2nc(-c3ccnc(C(F)(F)F)c3)ccc21)c1cccc(C(F)(F)F)c1. The zero-order valence-electron chi connectivity index (χ0n) is 17.7. The monoisotopic (exact) mass is 479 g/mol. The molecule has 2 aromatic heterocycles. The number of carbonyl (C=O) groups excluding carboxylic acids is 1. The van der Waals surface area contributed by atoms with Crippen LogP contribution < -0.4 is 5.32 Å². The van der Waals surface area contributed by atoms with Crippen molar-refractivity contribution in [2.24, 2.45) is 0 Å². The molecular weight excluding hydrogens is 460 g/mol. The molecule has 1 aliphatic carbocycles. The maximum absolute atomic E-state index is 13.0. The van der Waals surface area contributed by atoms with Gasteiger partial charge in [0.1, 0.15) is 5.69 Å². The van der Waals surface area contributed by atoms with E-state index in [-0.39, 0.29) is 11.1 Å². The van der Waals surface area contributed by atoms with Gasteiger partial charge in [-0.3, -0.25) is 14.8 Å². The van der Waals surface area contributed by atoms with Crippen LogP contribution in [0.15, 0.2) is 54.7 Å². The average Bonchev–Trinajstić information content (AvgIpc) is 3.00. The molecule has 178 valence electrons. The molecule has 0 spiro atoms. The highest BCUT2D eigenvalue weighted by atomic mass is 19.4. The summed E-state index contributed by atoms with van der Waals surface area (Å²) in [7, 11) is 0. The lowest BCUT2D eigenvalue weighted by molar-refractivity contribution is -0.141. The van der Waals surface area contributed by atoms with E-state index < -0.39 is 35.6 Å².